The van der Waals surface area contributed by atoms with E-state index in [0.717, 1.165) is 11.3 Å². The van der Waals surface area contributed by atoms with Gasteiger partial charge in [-0.05, 0) is 31.9 Å². The van der Waals surface area contributed by atoms with Gasteiger partial charge in [0.1, 0.15) is 5.82 Å². The van der Waals surface area contributed by atoms with Crippen molar-refractivity contribution in [3.63, 3.8) is 0 Å². The molecular formula is C15H20N4. The fourth-order valence-corrected chi connectivity index (χ4v) is 3.10. The summed E-state index contributed by atoms with van der Waals surface area (Å²) in [6.07, 6.45) is 12.0. The molecule has 100 valence electrons. The Morgan fingerprint density at radius 1 is 1.26 bits per heavy atom. The van der Waals surface area contributed by atoms with Gasteiger partial charge in [0, 0.05) is 17.3 Å². The number of imidazole rings is 1. The predicted molar refractivity (Wildman–Crippen MR) is 76.6 cm³/mol. The molecule has 0 spiro atoms. The van der Waals surface area contributed by atoms with Crippen LogP contribution in [0, 0.1) is 0 Å². The molecule has 2 N–H and O–H groups in total. The molecule has 1 saturated carbocycles. The molecule has 2 aromatic heterocycles. The van der Waals surface area contributed by atoms with E-state index in [4.69, 9.17) is 5.73 Å². The first-order valence-corrected chi connectivity index (χ1v) is 6.94. The maximum Gasteiger partial charge on any atom is 0.123 e. The van der Waals surface area contributed by atoms with Gasteiger partial charge >= 0.3 is 0 Å². The summed E-state index contributed by atoms with van der Waals surface area (Å²) in [5.74, 6) is 0.555. The third-order valence-corrected chi connectivity index (χ3v) is 4.23. The van der Waals surface area contributed by atoms with Gasteiger partial charge in [0.15, 0.2) is 0 Å². The summed E-state index contributed by atoms with van der Waals surface area (Å²) >= 11 is 0. The van der Waals surface area contributed by atoms with Crippen LogP contribution in [0.1, 0.15) is 39.0 Å². The van der Waals surface area contributed by atoms with E-state index >= 15 is 0 Å². The lowest BCUT2D eigenvalue weighted by Gasteiger charge is -2.36. The number of hydrogen-bond donors (Lipinski definition) is 1. The Labute approximate surface area is 113 Å². The summed E-state index contributed by atoms with van der Waals surface area (Å²) < 4.78 is 2.32. The average molecular weight is 256 g/mol. The Morgan fingerprint density at radius 3 is 2.79 bits per heavy atom. The summed E-state index contributed by atoms with van der Waals surface area (Å²) in [6, 6.07) is 3.91. The lowest BCUT2D eigenvalue weighted by molar-refractivity contribution is 0.221. The molecule has 1 fully saturated rings. The van der Waals surface area contributed by atoms with Crippen molar-refractivity contribution in [3.05, 3.63) is 30.9 Å². The van der Waals surface area contributed by atoms with Crippen LogP contribution in [0.5, 0.6) is 0 Å². The van der Waals surface area contributed by atoms with Gasteiger partial charge in [0.25, 0.3) is 0 Å². The maximum atomic E-state index is 5.79. The van der Waals surface area contributed by atoms with Crippen LogP contribution in [-0.4, -0.2) is 14.5 Å². The summed E-state index contributed by atoms with van der Waals surface area (Å²) in [5.41, 5.74) is 8.20. The van der Waals surface area contributed by atoms with Crippen molar-refractivity contribution < 1.29 is 0 Å². The van der Waals surface area contributed by atoms with Crippen molar-refractivity contribution in [2.75, 3.05) is 5.73 Å². The molecule has 0 unspecified atom stereocenters. The van der Waals surface area contributed by atoms with Crippen molar-refractivity contribution in [3.8, 4) is 11.3 Å². The number of aromatic nitrogens is 3. The van der Waals surface area contributed by atoms with E-state index in [-0.39, 0.29) is 5.54 Å². The molecule has 0 saturated heterocycles. The molecule has 2 heterocycles. The van der Waals surface area contributed by atoms with Crippen molar-refractivity contribution in [1.82, 2.24) is 14.5 Å². The first kappa shape index (κ1) is 12.2. The molecule has 1 aliphatic carbocycles. The molecule has 0 bridgehead atoms. The Hall–Kier alpha value is -1.84. The van der Waals surface area contributed by atoms with E-state index in [2.05, 4.69) is 21.5 Å². The van der Waals surface area contributed by atoms with E-state index in [1.807, 2.05) is 24.7 Å². The van der Waals surface area contributed by atoms with Crippen LogP contribution in [0.25, 0.3) is 11.3 Å². The minimum atomic E-state index is 0.183. The van der Waals surface area contributed by atoms with Crippen LogP contribution in [0.2, 0.25) is 0 Å². The van der Waals surface area contributed by atoms with Crippen LogP contribution < -0.4 is 5.73 Å². The zero-order valence-electron chi connectivity index (χ0n) is 11.3. The number of hydrogen-bond acceptors (Lipinski definition) is 3. The van der Waals surface area contributed by atoms with E-state index in [1.54, 1.807) is 6.20 Å². The van der Waals surface area contributed by atoms with E-state index < -0.39 is 0 Å². The lowest BCUT2D eigenvalue weighted by Crippen LogP contribution is -2.32. The fraction of sp³-hybridized carbons (Fsp3) is 0.467. The van der Waals surface area contributed by atoms with E-state index in [1.165, 1.54) is 32.1 Å². The van der Waals surface area contributed by atoms with E-state index in [9.17, 15) is 0 Å². The van der Waals surface area contributed by atoms with Gasteiger partial charge in [-0.2, -0.15) is 0 Å². The minimum Gasteiger partial charge on any atom is -0.384 e. The topological polar surface area (TPSA) is 56.7 Å². The van der Waals surface area contributed by atoms with Crippen molar-refractivity contribution in [2.45, 2.75) is 44.6 Å². The standard InChI is InChI=1S/C15H20N4/c1-15(6-3-2-4-7-15)19-11-17-10-13(19)12-5-8-18-14(16)9-12/h5,8-11H,2-4,6-7H2,1H3,(H2,16,18). The second-order valence-corrected chi connectivity index (χ2v) is 5.68. The second-order valence-electron chi connectivity index (χ2n) is 5.68. The Balaban J connectivity index is 2.03. The molecule has 1 aliphatic rings. The number of anilines is 1. The highest BCUT2D eigenvalue weighted by Gasteiger charge is 2.30. The summed E-state index contributed by atoms with van der Waals surface area (Å²) in [4.78, 5) is 8.41. The third-order valence-electron chi connectivity index (χ3n) is 4.23. The largest absolute Gasteiger partial charge is 0.384 e. The van der Waals surface area contributed by atoms with Gasteiger partial charge in [-0.3, -0.25) is 0 Å². The fourth-order valence-electron chi connectivity index (χ4n) is 3.10. The molecule has 2 aromatic rings. The van der Waals surface area contributed by atoms with Gasteiger partial charge in [-0.25, -0.2) is 9.97 Å². The zero-order chi connectivity index (χ0) is 13.3. The normalized spacial score (nSPS) is 18.4. The lowest BCUT2D eigenvalue weighted by atomic mass is 9.83. The maximum absolute atomic E-state index is 5.79. The van der Waals surface area contributed by atoms with E-state index in [0.29, 0.717) is 5.82 Å². The number of nitrogen functional groups attached to an aromatic ring is 1. The van der Waals surface area contributed by atoms with Gasteiger partial charge in [-0.1, -0.05) is 19.3 Å². The monoisotopic (exact) mass is 256 g/mol. The highest BCUT2D eigenvalue weighted by atomic mass is 15.1. The number of nitrogens with two attached hydrogens (primary N) is 1. The first-order chi connectivity index (χ1) is 9.19. The van der Waals surface area contributed by atoms with Crippen LogP contribution in [0.15, 0.2) is 30.9 Å². The molecule has 19 heavy (non-hydrogen) atoms. The second kappa shape index (κ2) is 4.68. The van der Waals surface area contributed by atoms with Crippen LogP contribution in [0.3, 0.4) is 0 Å². The van der Waals surface area contributed by atoms with Crippen LogP contribution in [-0.2, 0) is 5.54 Å². The quantitative estimate of drug-likeness (QED) is 0.897. The highest BCUT2D eigenvalue weighted by molar-refractivity contribution is 5.62. The van der Waals surface area contributed by atoms with Gasteiger partial charge in [0.05, 0.1) is 18.2 Å². The Morgan fingerprint density at radius 2 is 2.05 bits per heavy atom. The molecule has 0 atom stereocenters. The molecular weight excluding hydrogens is 236 g/mol. The highest BCUT2D eigenvalue weighted by Crippen LogP contribution is 2.37. The Bertz CT molecular complexity index is 567. The summed E-state index contributed by atoms with van der Waals surface area (Å²) in [5, 5.41) is 0. The Kier molecular flexibility index (Phi) is 3.01. The zero-order valence-corrected chi connectivity index (χ0v) is 11.3. The van der Waals surface area contributed by atoms with Gasteiger partial charge in [-0.15, -0.1) is 0 Å². The first-order valence-electron chi connectivity index (χ1n) is 6.94. The van der Waals surface area contributed by atoms with Gasteiger partial charge in [0.2, 0.25) is 0 Å². The third kappa shape index (κ3) is 2.23. The molecule has 0 aromatic carbocycles. The summed E-state index contributed by atoms with van der Waals surface area (Å²) in [6.45, 7) is 2.34. The smallest absolute Gasteiger partial charge is 0.123 e. The summed E-state index contributed by atoms with van der Waals surface area (Å²) in [7, 11) is 0. The number of rotatable bonds is 2. The van der Waals surface area contributed by atoms with Crippen molar-refractivity contribution in [1.29, 1.82) is 0 Å². The SMILES string of the molecule is CC1(n2cncc2-c2ccnc(N)c2)CCCCC1. The molecule has 4 nitrogen and oxygen atoms in total. The van der Waals surface area contributed by atoms with Crippen molar-refractivity contribution in [2.24, 2.45) is 0 Å². The average Bonchev–Trinajstić information content (AvgIpc) is 2.89. The molecule has 0 aliphatic heterocycles. The molecule has 4 heteroatoms. The minimum absolute atomic E-state index is 0.183. The van der Waals surface area contributed by atoms with Crippen LogP contribution in [0.4, 0.5) is 5.82 Å². The van der Waals surface area contributed by atoms with Gasteiger partial charge < -0.3 is 10.3 Å². The molecule has 3 rings (SSSR count). The van der Waals surface area contributed by atoms with Crippen molar-refractivity contribution >= 4 is 5.82 Å². The number of pyridine rings is 1. The predicted octanol–water partition coefficient (Wildman–Crippen LogP) is 3.21. The van der Waals surface area contributed by atoms with Crippen LogP contribution >= 0.6 is 0 Å². The number of nitrogens with zero attached hydrogens (tertiary/aromatic N) is 3. The molecule has 0 amide bonds. The molecule has 0 radical (unpaired) electrons.